The summed E-state index contributed by atoms with van der Waals surface area (Å²) in [7, 11) is 0. The lowest BCUT2D eigenvalue weighted by atomic mass is 9.48. The number of nitrogens with one attached hydrogen (secondary N) is 1. The van der Waals surface area contributed by atoms with Gasteiger partial charge in [0.25, 0.3) is 0 Å². The van der Waals surface area contributed by atoms with E-state index >= 15 is 0 Å². The summed E-state index contributed by atoms with van der Waals surface area (Å²) in [4.78, 5) is 11.9. The van der Waals surface area contributed by atoms with Gasteiger partial charge in [-0.05, 0) is 69.6 Å². The fourth-order valence-corrected chi connectivity index (χ4v) is 5.59. The smallest absolute Gasteiger partial charge is 0.240 e. The second kappa shape index (κ2) is 6.72. The first-order chi connectivity index (χ1) is 10.6. The van der Waals surface area contributed by atoms with Crippen LogP contribution in [0.25, 0.3) is 0 Å². The Kier molecular flexibility index (Phi) is 4.89. The molecular formula is C19H32N2O. The van der Waals surface area contributed by atoms with Crippen LogP contribution in [-0.2, 0) is 4.79 Å². The third-order valence-corrected chi connectivity index (χ3v) is 6.41. The molecule has 0 spiro atoms. The van der Waals surface area contributed by atoms with Gasteiger partial charge >= 0.3 is 0 Å². The number of hydrogen-bond acceptors (Lipinski definition) is 2. The van der Waals surface area contributed by atoms with E-state index in [1.807, 2.05) is 0 Å². The van der Waals surface area contributed by atoms with Crippen molar-refractivity contribution < 1.29 is 4.79 Å². The number of nitrogens with zero attached hydrogens (tertiary/aromatic N) is 1. The van der Waals surface area contributed by atoms with Gasteiger partial charge in [0.05, 0.1) is 0 Å². The highest BCUT2D eigenvalue weighted by Crippen LogP contribution is 2.60. The second-order valence-electron chi connectivity index (χ2n) is 8.24. The van der Waals surface area contributed by atoms with Crippen molar-refractivity contribution in [2.75, 3.05) is 0 Å². The molecule has 124 valence electrons. The molecule has 4 rings (SSSR count). The van der Waals surface area contributed by atoms with Crippen molar-refractivity contribution in [3.63, 3.8) is 0 Å². The largest absolute Gasteiger partial charge is 0.273 e. The average Bonchev–Trinajstić information content (AvgIpc) is 2.48. The fraction of sp³-hybridized carbons (Fsp3) is 0.895. The summed E-state index contributed by atoms with van der Waals surface area (Å²) in [6.07, 6.45) is 13.5. The molecule has 4 aliphatic rings. The molecule has 4 aliphatic carbocycles. The molecule has 4 saturated carbocycles. The van der Waals surface area contributed by atoms with Crippen LogP contribution < -0.4 is 5.43 Å². The van der Waals surface area contributed by atoms with E-state index in [1.54, 1.807) is 0 Å². The maximum absolute atomic E-state index is 11.9. The maximum atomic E-state index is 11.9. The normalized spacial score (nSPS) is 36.6. The topological polar surface area (TPSA) is 41.5 Å². The van der Waals surface area contributed by atoms with E-state index in [1.165, 1.54) is 57.1 Å². The summed E-state index contributed by atoms with van der Waals surface area (Å²) in [5.74, 6) is 2.89. The fourth-order valence-electron chi connectivity index (χ4n) is 5.59. The molecule has 22 heavy (non-hydrogen) atoms. The van der Waals surface area contributed by atoms with E-state index in [2.05, 4.69) is 24.4 Å². The van der Waals surface area contributed by atoms with Crippen LogP contribution in [0, 0.1) is 23.2 Å². The molecular weight excluding hydrogens is 272 g/mol. The molecule has 3 nitrogen and oxygen atoms in total. The lowest BCUT2D eigenvalue weighted by Crippen LogP contribution is -2.49. The maximum Gasteiger partial charge on any atom is 0.240 e. The summed E-state index contributed by atoms with van der Waals surface area (Å²) < 4.78 is 0. The van der Waals surface area contributed by atoms with Crippen molar-refractivity contribution >= 4 is 11.6 Å². The van der Waals surface area contributed by atoms with Crippen molar-refractivity contribution in [2.45, 2.75) is 84.5 Å². The molecule has 4 bridgehead atoms. The third kappa shape index (κ3) is 3.38. The molecule has 0 aromatic carbocycles. The molecule has 0 unspecified atom stereocenters. The molecule has 0 heterocycles. The summed E-state index contributed by atoms with van der Waals surface area (Å²) in [5, 5.41) is 4.53. The predicted octanol–water partition coefficient (Wildman–Crippen LogP) is 4.67. The van der Waals surface area contributed by atoms with Gasteiger partial charge in [-0.2, -0.15) is 5.10 Å². The van der Waals surface area contributed by atoms with E-state index in [9.17, 15) is 4.79 Å². The molecule has 3 heteroatoms. The first-order valence-corrected chi connectivity index (χ1v) is 9.45. The van der Waals surface area contributed by atoms with Crippen LogP contribution in [0.4, 0.5) is 0 Å². The Morgan fingerprint density at radius 1 is 1.05 bits per heavy atom. The first-order valence-electron chi connectivity index (χ1n) is 9.45. The molecule has 0 aromatic rings. The lowest BCUT2D eigenvalue weighted by Gasteiger charge is -2.56. The minimum Gasteiger partial charge on any atom is -0.273 e. The Morgan fingerprint density at radius 3 is 2.18 bits per heavy atom. The number of hydrogen-bond donors (Lipinski definition) is 1. The summed E-state index contributed by atoms with van der Waals surface area (Å²) in [6, 6.07) is 0. The quantitative estimate of drug-likeness (QED) is 0.414. The standard InChI is InChI=1S/C19H32N2O/c1-3-4-5-6-7-18(22)21-20-14(2)19-11-15-8-16(12-19)10-17(9-15)13-19/h15-17H,3-13H2,1-2H3,(H,21,22). The zero-order valence-corrected chi connectivity index (χ0v) is 14.4. The molecule has 0 saturated heterocycles. The van der Waals surface area contributed by atoms with Gasteiger partial charge in [0.1, 0.15) is 0 Å². The van der Waals surface area contributed by atoms with Crippen LogP contribution >= 0.6 is 0 Å². The van der Waals surface area contributed by atoms with E-state index in [0.29, 0.717) is 11.8 Å². The van der Waals surface area contributed by atoms with E-state index in [-0.39, 0.29) is 5.91 Å². The number of unbranched alkanes of at least 4 members (excludes halogenated alkanes) is 3. The molecule has 0 aromatic heterocycles. The average molecular weight is 304 g/mol. The van der Waals surface area contributed by atoms with Crippen LogP contribution in [0.2, 0.25) is 0 Å². The molecule has 1 N–H and O–H groups in total. The first kappa shape index (κ1) is 16.0. The molecule has 4 fully saturated rings. The van der Waals surface area contributed by atoms with Gasteiger partial charge in [-0.25, -0.2) is 5.43 Å². The van der Waals surface area contributed by atoms with Gasteiger partial charge in [0, 0.05) is 17.5 Å². The van der Waals surface area contributed by atoms with Crippen molar-refractivity contribution in [3.8, 4) is 0 Å². The highest BCUT2D eigenvalue weighted by Gasteiger charge is 2.52. The van der Waals surface area contributed by atoms with Crippen LogP contribution in [0.15, 0.2) is 5.10 Å². The van der Waals surface area contributed by atoms with Crippen LogP contribution in [0.5, 0.6) is 0 Å². The second-order valence-corrected chi connectivity index (χ2v) is 8.24. The van der Waals surface area contributed by atoms with Gasteiger partial charge in [-0.15, -0.1) is 0 Å². The minimum absolute atomic E-state index is 0.0974. The van der Waals surface area contributed by atoms with E-state index in [4.69, 9.17) is 0 Å². The van der Waals surface area contributed by atoms with Gasteiger partial charge < -0.3 is 0 Å². The molecule has 0 atom stereocenters. The van der Waals surface area contributed by atoms with Crippen molar-refractivity contribution in [3.05, 3.63) is 0 Å². The van der Waals surface area contributed by atoms with Crippen LogP contribution in [-0.4, -0.2) is 11.6 Å². The van der Waals surface area contributed by atoms with Crippen LogP contribution in [0.3, 0.4) is 0 Å². The Hall–Kier alpha value is -0.860. The predicted molar refractivity (Wildman–Crippen MR) is 90.6 cm³/mol. The summed E-state index contributed by atoms with van der Waals surface area (Å²) in [6.45, 7) is 4.35. The Morgan fingerprint density at radius 2 is 1.64 bits per heavy atom. The lowest BCUT2D eigenvalue weighted by molar-refractivity contribution is -0.121. The van der Waals surface area contributed by atoms with Gasteiger partial charge in [-0.3, -0.25) is 4.79 Å². The number of hydrazone groups is 1. The van der Waals surface area contributed by atoms with E-state index in [0.717, 1.165) is 30.6 Å². The number of rotatable bonds is 7. The van der Waals surface area contributed by atoms with Crippen molar-refractivity contribution in [1.82, 2.24) is 5.43 Å². The van der Waals surface area contributed by atoms with Crippen molar-refractivity contribution in [2.24, 2.45) is 28.3 Å². The Balaban J connectivity index is 1.52. The van der Waals surface area contributed by atoms with Gasteiger partial charge in [-0.1, -0.05) is 26.2 Å². The SMILES string of the molecule is CCCCCCC(=O)NN=C(C)C12CC3CC(CC(C3)C1)C2. The number of carbonyl (C=O) groups is 1. The Bertz CT molecular complexity index is 405. The zero-order chi connectivity index (χ0) is 15.6. The molecule has 1 amide bonds. The summed E-state index contributed by atoms with van der Waals surface area (Å²) in [5.41, 5.74) is 4.36. The van der Waals surface area contributed by atoms with E-state index < -0.39 is 0 Å². The number of amides is 1. The minimum atomic E-state index is 0.0974. The molecule has 0 aliphatic heterocycles. The Labute approximate surface area is 135 Å². The zero-order valence-electron chi connectivity index (χ0n) is 14.4. The third-order valence-electron chi connectivity index (χ3n) is 6.41. The molecule has 0 radical (unpaired) electrons. The highest BCUT2D eigenvalue weighted by molar-refractivity contribution is 5.89. The summed E-state index contributed by atoms with van der Waals surface area (Å²) >= 11 is 0. The highest BCUT2D eigenvalue weighted by atomic mass is 16.2. The van der Waals surface area contributed by atoms with Crippen LogP contribution in [0.1, 0.15) is 84.5 Å². The monoisotopic (exact) mass is 304 g/mol. The van der Waals surface area contributed by atoms with Crippen molar-refractivity contribution in [1.29, 1.82) is 0 Å². The van der Waals surface area contributed by atoms with Gasteiger partial charge in [0.15, 0.2) is 0 Å². The van der Waals surface area contributed by atoms with Gasteiger partial charge in [0.2, 0.25) is 5.91 Å². The number of carbonyl (C=O) groups excluding carboxylic acids is 1.